The summed E-state index contributed by atoms with van der Waals surface area (Å²) >= 11 is 0. The normalized spacial score (nSPS) is 13.0. The Kier molecular flexibility index (Phi) is 5.98. The predicted molar refractivity (Wildman–Crippen MR) is 116 cm³/mol. The van der Waals surface area contributed by atoms with E-state index in [2.05, 4.69) is 20.4 Å². The van der Waals surface area contributed by atoms with Crippen molar-refractivity contribution in [2.75, 3.05) is 11.9 Å². The van der Waals surface area contributed by atoms with Gasteiger partial charge in [0.25, 0.3) is 0 Å². The van der Waals surface area contributed by atoms with E-state index >= 15 is 0 Å². The monoisotopic (exact) mass is 415 g/mol. The van der Waals surface area contributed by atoms with Crippen LogP contribution in [0.1, 0.15) is 24.8 Å². The molecular formula is C23H21N5O3. The molecule has 2 N–H and O–H groups in total. The number of aromatic nitrogens is 2. The number of rotatable bonds is 6. The molecule has 0 aliphatic carbocycles. The molecule has 2 heterocycles. The zero-order valence-electron chi connectivity index (χ0n) is 16.7. The molecule has 1 aliphatic heterocycles. The summed E-state index contributed by atoms with van der Waals surface area (Å²) in [5, 5.41) is 18.1. The highest BCUT2D eigenvalue weighted by Crippen LogP contribution is 2.20. The van der Waals surface area contributed by atoms with Gasteiger partial charge in [-0.3, -0.25) is 9.59 Å². The molecular weight excluding hydrogens is 394 g/mol. The molecule has 0 spiro atoms. The van der Waals surface area contributed by atoms with Crippen LogP contribution in [0.3, 0.4) is 0 Å². The van der Waals surface area contributed by atoms with Gasteiger partial charge in [0.15, 0.2) is 5.82 Å². The standard InChI is InChI=1S/C23H21N5O3/c29-19-8-4-7-17(13-19)23-24-14-18(15-25-23)26-21(30)9-10-22(31)28-12-11-20(27-28)16-5-2-1-3-6-16/h1-8,13-15,29H,9-12H2,(H,26,30). The van der Waals surface area contributed by atoms with Crippen LogP contribution in [0.5, 0.6) is 5.75 Å². The Morgan fingerprint density at radius 2 is 1.71 bits per heavy atom. The Morgan fingerprint density at radius 1 is 0.968 bits per heavy atom. The molecule has 1 aromatic heterocycles. The van der Waals surface area contributed by atoms with Gasteiger partial charge in [-0.1, -0.05) is 42.5 Å². The third-order valence-electron chi connectivity index (χ3n) is 4.80. The number of phenolic OH excluding ortho intramolecular Hbond substituents is 1. The van der Waals surface area contributed by atoms with Crippen LogP contribution in [0.2, 0.25) is 0 Å². The number of nitrogens with one attached hydrogen (secondary N) is 1. The third kappa shape index (κ3) is 5.11. The molecule has 0 bridgehead atoms. The number of aromatic hydroxyl groups is 1. The van der Waals surface area contributed by atoms with E-state index in [9.17, 15) is 14.7 Å². The van der Waals surface area contributed by atoms with Crippen LogP contribution in [0, 0.1) is 0 Å². The van der Waals surface area contributed by atoms with Crippen molar-refractivity contribution in [1.29, 1.82) is 0 Å². The molecule has 0 atom stereocenters. The van der Waals surface area contributed by atoms with Crippen molar-refractivity contribution in [3.05, 3.63) is 72.6 Å². The summed E-state index contributed by atoms with van der Waals surface area (Å²) < 4.78 is 0. The van der Waals surface area contributed by atoms with E-state index < -0.39 is 0 Å². The lowest BCUT2D eigenvalue weighted by Crippen LogP contribution is -2.25. The minimum Gasteiger partial charge on any atom is -0.508 e. The number of nitrogens with zero attached hydrogens (tertiary/aromatic N) is 4. The molecule has 156 valence electrons. The molecule has 0 saturated carbocycles. The molecule has 8 heteroatoms. The van der Waals surface area contributed by atoms with Crippen molar-refractivity contribution in [2.45, 2.75) is 19.3 Å². The first kappa shape index (κ1) is 20.2. The van der Waals surface area contributed by atoms with Crippen LogP contribution in [-0.4, -0.2) is 44.2 Å². The quantitative estimate of drug-likeness (QED) is 0.643. The van der Waals surface area contributed by atoms with Crippen molar-refractivity contribution in [3.8, 4) is 17.1 Å². The highest BCUT2D eigenvalue weighted by molar-refractivity contribution is 6.02. The molecule has 0 radical (unpaired) electrons. The average molecular weight is 415 g/mol. The van der Waals surface area contributed by atoms with E-state index in [1.54, 1.807) is 24.3 Å². The molecule has 0 fully saturated rings. The Hall–Kier alpha value is -4.07. The second kappa shape index (κ2) is 9.17. The molecule has 8 nitrogen and oxygen atoms in total. The average Bonchev–Trinajstić information content (AvgIpc) is 3.29. The maximum absolute atomic E-state index is 12.4. The van der Waals surface area contributed by atoms with Crippen LogP contribution in [-0.2, 0) is 9.59 Å². The zero-order valence-corrected chi connectivity index (χ0v) is 16.7. The summed E-state index contributed by atoms with van der Waals surface area (Å²) in [6.07, 6.45) is 3.79. The highest BCUT2D eigenvalue weighted by atomic mass is 16.3. The van der Waals surface area contributed by atoms with Gasteiger partial charge in [-0.25, -0.2) is 15.0 Å². The maximum Gasteiger partial charge on any atom is 0.243 e. The summed E-state index contributed by atoms with van der Waals surface area (Å²) in [5.41, 5.74) is 2.99. The summed E-state index contributed by atoms with van der Waals surface area (Å²) in [7, 11) is 0. The molecule has 2 amide bonds. The zero-order chi connectivity index (χ0) is 21.6. The fourth-order valence-corrected chi connectivity index (χ4v) is 3.23. The minimum absolute atomic E-state index is 0.0415. The number of benzene rings is 2. The van der Waals surface area contributed by atoms with Gasteiger partial charge in [0, 0.05) is 24.8 Å². The first-order chi connectivity index (χ1) is 15.1. The topological polar surface area (TPSA) is 108 Å². The van der Waals surface area contributed by atoms with Crippen molar-refractivity contribution in [1.82, 2.24) is 15.0 Å². The second-order valence-corrected chi connectivity index (χ2v) is 7.07. The lowest BCUT2D eigenvalue weighted by molar-refractivity contribution is -0.132. The molecule has 0 saturated heterocycles. The van der Waals surface area contributed by atoms with Gasteiger partial charge >= 0.3 is 0 Å². The van der Waals surface area contributed by atoms with Crippen molar-refractivity contribution < 1.29 is 14.7 Å². The summed E-state index contributed by atoms with van der Waals surface area (Å²) in [6, 6.07) is 16.3. The van der Waals surface area contributed by atoms with Crippen LogP contribution < -0.4 is 5.32 Å². The number of anilines is 1. The molecule has 0 unspecified atom stereocenters. The Morgan fingerprint density at radius 3 is 2.45 bits per heavy atom. The number of phenols is 1. The molecule has 2 aromatic carbocycles. The van der Waals surface area contributed by atoms with Gasteiger partial charge in [-0.2, -0.15) is 5.10 Å². The van der Waals surface area contributed by atoms with Gasteiger partial charge in [-0.05, 0) is 17.7 Å². The number of hydrogen-bond acceptors (Lipinski definition) is 6. The van der Waals surface area contributed by atoms with Crippen LogP contribution >= 0.6 is 0 Å². The first-order valence-corrected chi connectivity index (χ1v) is 9.93. The van der Waals surface area contributed by atoms with E-state index in [4.69, 9.17) is 0 Å². The molecule has 3 aromatic rings. The number of hydrogen-bond donors (Lipinski definition) is 2. The number of amides is 2. The fraction of sp³-hybridized carbons (Fsp3) is 0.174. The molecule has 4 rings (SSSR count). The van der Waals surface area contributed by atoms with Crippen LogP contribution in [0.15, 0.2) is 72.1 Å². The lowest BCUT2D eigenvalue weighted by atomic mass is 10.1. The predicted octanol–water partition coefficient (Wildman–Crippen LogP) is 3.20. The van der Waals surface area contributed by atoms with Gasteiger partial charge in [0.1, 0.15) is 5.75 Å². The minimum atomic E-state index is -0.298. The number of carbonyl (C=O) groups is 2. The number of carbonyl (C=O) groups excluding carboxylic acids is 2. The van der Waals surface area contributed by atoms with Gasteiger partial charge in [-0.15, -0.1) is 0 Å². The van der Waals surface area contributed by atoms with Crippen molar-refractivity contribution in [2.24, 2.45) is 5.10 Å². The van der Waals surface area contributed by atoms with E-state index in [0.29, 0.717) is 30.0 Å². The highest BCUT2D eigenvalue weighted by Gasteiger charge is 2.22. The summed E-state index contributed by atoms with van der Waals surface area (Å²) in [4.78, 5) is 33.0. The van der Waals surface area contributed by atoms with Crippen molar-refractivity contribution >= 4 is 23.2 Å². The number of hydrazone groups is 1. The Labute approximate surface area is 179 Å². The van der Waals surface area contributed by atoms with Crippen LogP contribution in [0.4, 0.5) is 5.69 Å². The first-order valence-electron chi connectivity index (χ1n) is 9.93. The van der Waals surface area contributed by atoms with Crippen molar-refractivity contribution in [3.63, 3.8) is 0 Å². The maximum atomic E-state index is 12.4. The van der Waals surface area contributed by atoms with Gasteiger partial charge in [0.2, 0.25) is 11.8 Å². The van der Waals surface area contributed by atoms with E-state index in [1.165, 1.54) is 17.4 Å². The second-order valence-electron chi connectivity index (χ2n) is 7.07. The SMILES string of the molecule is O=C(CCC(=O)N1CCC(c2ccccc2)=N1)Nc1cnc(-c2cccc(O)c2)nc1. The third-order valence-corrected chi connectivity index (χ3v) is 4.80. The lowest BCUT2D eigenvalue weighted by Gasteiger charge is -2.11. The van der Waals surface area contributed by atoms with Gasteiger partial charge in [0.05, 0.1) is 30.3 Å². The van der Waals surface area contributed by atoms with E-state index in [1.807, 2.05) is 30.3 Å². The fourth-order valence-electron chi connectivity index (χ4n) is 3.23. The molecule has 31 heavy (non-hydrogen) atoms. The largest absolute Gasteiger partial charge is 0.508 e. The Bertz CT molecular complexity index is 1110. The smallest absolute Gasteiger partial charge is 0.243 e. The van der Waals surface area contributed by atoms with Gasteiger partial charge < -0.3 is 10.4 Å². The van der Waals surface area contributed by atoms with E-state index in [-0.39, 0.29) is 30.4 Å². The summed E-state index contributed by atoms with van der Waals surface area (Å²) in [5.74, 6) is 0.0802. The van der Waals surface area contributed by atoms with Crippen LogP contribution in [0.25, 0.3) is 11.4 Å². The Balaban J connectivity index is 1.28. The van der Waals surface area contributed by atoms with E-state index in [0.717, 1.165) is 11.3 Å². The molecule has 1 aliphatic rings. The summed E-state index contributed by atoms with van der Waals surface area (Å²) in [6.45, 7) is 0.523.